The van der Waals surface area contributed by atoms with Crippen LogP contribution < -0.4 is 21.5 Å². The highest BCUT2D eigenvalue weighted by Crippen LogP contribution is 2.34. The molecule has 19 heavy (non-hydrogen) atoms. The molecule has 1 aromatic rings. The zero-order valence-electron chi connectivity index (χ0n) is 10.9. The van der Waals surface area contributed by atoms with Crippen LogP contribution in [0, 0.1) is 11.3 Å². The van der Waals surface area contributed by atoms with Gasteiger partial charge in [0.1, 0.15) is 17.5 Å². The predicted octanol–water partition coefficient (Wildman–Crippen LogP) is 0.351. The monoisotopic (exact) mass is 263 g/mol. The molecule has 0 fully saturated rings. The van der Waals surface area contributed by atoms with Crippen LogP contribution in [0.25, 0.3) is 0 Å². The molecular weight excluding hydrogens is 246 g/mol. The Labute approximate surface area is 111 Å². The van der Waals surface area contributed by atoms with E-state index in [1.54, 1.807) is 0 Å². The van der Waals surface area contributed by atoms with Crippen molar-refractivity contribution in [2.24, 2.45) is 0 Å². The number of rotatable bonds is 4. The molecule has 0 saturated heterocycles. The molecule has 1 aliphatic heterocycles. The number of ether oxygens (including phenoxy) is 2. The molecule has 2 rings (SSSR count). The van der Waals surface area contributed by atoms with Crippen molar-refractivity contribution in [2.45, 2.75) is 32.6 Å². The Morgan fingerprint density at radius 3 is 2.95 bits per heavy atom. The van der Waals surface area contributed by atoms with Gasteiger partial charge in [0, 0.05) is 12.0 Å². The second-order valence-corrected chi connectivity index (χ2v) is 4.56. The molecule has 5 N–H and O–H groups in total. The van der Waals surface area contributed by atoms with Gasteiger partial charge in [0.05, 0.1) is 18.5 Å². The lowest BCUT2D eigenvalue weighted by molar-refractivity contribution is 0.0349. The lowest BCUT2D eigenvalue weighted by Gasteiger charge is -2.14. The minimum atomic E-state index is -0.267. The molecule has 1 aliphatic rings. The van der Waals surface area contributed by atoms with E-state index >= 15 is 0 Å². The Morgan fingerprint density at radius 2 is 2.32 bits per heavy atom. The molecule has 2 heterocycles. The number of nitrogen functional groups attached to an aromatic ring is 2. The molecule has 0 radical (unpaired) electrons. The summed E-state index contributed by atoms with van der Waals surface area (Å²) < 4.78 is 11.0. The standard InChI is InChI=1S/C12H17N5O2/c1-6(2)18-5-16-9-3-7-10(14)8(4-13)11(15)17-12(7)19-9/h6,9,16H,3,5H2,1-2H3,(H4,14,15,17). The van der Waals surface area contributed by atoms with Crippen molar-refractivity contribution in [3.8, 4) is 11.9 Å². The maximum Gasteiger partial charge on any atom is 0.222 e. The topological polar surface area (TPSA) is 119 Å². The molecule has 0 aliphatic carbocycles. The summed E-state index contributed by atoms with van der Waals surface area (Å²) in [4.78, 5) is 4.05. The average Bonchev–Trinajstić information content (AvgIpc) is 2.72. The first-order valence-electron chi connectivity index (χ1n) is 6.02. The van der Waals surface area contributed by atoms with Crippen LogP contribution in [0.1, 0.15) is 25.0 Å². The number of nitrogens with two attached hydrogens (primary N) is 2. The van der Waals surface area contributed by atoms with E-state index in [9.17, 15) is 0 Å². The summed E-state index contributed by atoms with van der Waals surface area (Å²) in [6.45, 7) is 4.27. The number of hydrogen-bond acceptors (Lipinski definition) is 7. The van der Waals surface area contributed by atoms with Gasteiger partial charge in [0.15, 0.2) is 6.23 Å². The Bertz CT molecular complexity index is 524. The van der Waals surface area contributed by atoms with E-state index in [0.717, 1.165) is 0 Å². The Morgan fingerprint density at radius 1 is 1.58 bits per heavy atom. The summed E-state index contributed by atoms with van der Waals surface area (Å²) >= 11 is 0. The van der Waals surface area contributed by atoms with Gasteiger partial charge < -0.3 is 20.9 Å². The summed E-state index contributed by atoms with van der Waals surface area (Å²) in [7, 11) is 0. The van der Waals surface area contributed by atoms with E-state index in [2.05, 4.69) is 10.3 Å². The van der Waals surface area contributed by atoms with Crippen molar-refractivity contribution in [3.05, 3.63) is 11.1 Å². The van der Waals surface area contributed by atoms with Gasteiger partial charge in [-0.3, -0.25) is 5.32 Å². The molecule has 0 spiro atoms. The summed E-state index contributed by atoms with van der Waals surface area (Å²) in [6.07, 6.45) is 0.405. The fraction of sp³-hybridized carbons (Fsp3) is 0.500. The number of nitrogens with one attached hydrogen (secondary N) is 1. The van der Waals surface area contributed by atoms with E-state index in [1.165, 1.54) is 0 Å². The minimum absolute atomic E-state index is 0.0952. The van der Waals surface area contributed by atoms with Gasteiger partial charge in [-0.1, -0.05) is 0 Å². The predicted molar refractivity (Wildman–Crippen MR) is 70.1 cm³/mol. The molecule has 102 valence electrons. The largest absolute Gasteiger partial charge is 0.458 e. The number of aromatic nitrogens is 1. The SMILES string of the molecule is CC(C)OCNC1Cc2c(nc(N)c(C#N)c2N)O1. The molecule has 1 atom stereocenters. The highest BCUT2D eigenvalue weighted by Gasteiger charge is 2.28. The lowest BCUT2D eigenvalue weighted by Crippen LogP contribution is -2.35. The van der Waals surface area contributed by atoms with Crippen LogP contribution >= 0.6 is 0 Å². The van der Waals surface area contributed by atoms with Gasteiger partial charge in [0.25, 0.3) is 0 Å². The van der Waals surface area contributed by atoms with E-state index in [4.69, 9.17) is 26.2 Å². The number of fused-ring (bicyclic) bond motifs is 1. The van der Waals surface area contributed by atoms with Crippen LogP contribution in [0.2, 0.25) is 0 Å². The molecule has 0 amide bonds. The zero-order valence-corrected chi connectivity index (χ0v) is 10.9. The summed E-state index contributed by atoms with van der Waals surface area (Å²) in [5.41, 5.74) is 12.8. The highest BCUT2D eigenvalue weighted by molar-refractivity contribution is 5.71. The van der Waals surface area contributed by atoms with Gasteiger partial charge in [-0.2, -0.15) is 10.2 Å². The normalized spacial score (nSPS) is 17.1. The Kier molecular flexibility index (Phi) is 3.74. The Balaban J connectivity index is 2.08. The smallest absolute Gasteiger partial charge is 0.222 e. The third-order valence-corrected chi connectivity index (χ3v) is 2.81. The fourth-order valence-corrected chi connectivity index (χ4v) is 1.83. The molecule has 0 aromatic carbocycles. The maximum absolute atomic E-state index is 8.97. The summed E-state index contributed by atoms with van der Waals surface area (Å²) in [5, 5.41) is 12.1. The Hall–Kier alpha value is -2.04. The third kappa shape index (κ3) is 2.70. The molecule has 7 heteroatoms. The molecule has 0 bridgehead atoms. The van der Waals surface area contributed by atoms with Crippen LogP contribution in [0.4, 0.5) is 11.5 Å². The second kappa shape index (κ2) is 5.30. The van der Waals surface area contributed by atoms with Crippen molar-refractivity contribution in [1.29, 1.82) is 5.26 Å². The molecule has 0 saturated carbocycles. The lowest BCUT2D eigenvalue weighted by atomic mass is 10.1. The maximum atomic E-state index is 8.97. The van der Waals surface area contributed by atoms with Gasteiger partial charge in [-0.05, 0) is 13.8 Å². The zero-order chi connectivity index (χ0) is 14.0. The molecule has 1 unspecified atom stereocenters. The third-order valence-electron chi connectivity index (χ3n) is 2.81. The first-order chi connectivity index (χ1) is 9.02. The number of hydrogen-bond donors (Lipinski definition) is 3. The van der Waals surface area contributed by atoms with Gasteiger partial charge >= 0.3 is 0 Å². The van der Waals surface area contributed by atoms with Crippen molar-refractivity contribution >= 4 is 11.5 Å². The van der Waals surface area contributed by atoms with E-state index < -0.39 is 0 Å². The number of anilines is 2. The summed E-state index contributed by atoms with van der Waals surface area (Å²) in [5.74, 6) is 0.480. The summed E-state index contributed by atoms with van der Waals surface area (Å²) in [6, 6.07) is 1.95. The van der Waals surface area contributed by atoms with Crippen LogP contribution in [-0.2, 0) is 11.2 Å². The van der Waals surface area contributed by atoms with Crippen molar-refractivity contribution in [2.75, 3.05) is 18.2 Å². The quantitative estimate of drug-likeness (QED) is 0.670. The van der Waals surface area contributed by atoms with Crippen molar-refractivity contribution in [1.82, 2.24) is 10.3 Å². The van der Waals surface area contributed by atoms with Crippen LogP contribution in [-0.4, -0.2) is 24.0 Å². The van der Waals surface area contributed by atoms with Gasteiger partial charge in [-0.25, -0.2) is 0 Å². The van der Waals surface area contributed by atoms with Crippen LogP contribution in [0.5, 0.6) is 5.88 Å². The number of pyridine rings is 1. The van der Waals surface area contributed by atoms with E-state index in [1.807, 2.05) is 19.9 Å². The molecule has 1 aromatic heterocycles. The average molecular weight is 263 g/mol. The minimum Gasteiger partial charge on any atom is -0.458 e. The number of nitrogens with zero attached hydrogens (tertiary/aromatic N) is 2. The van der Waals surface area contributed by atoms with E-state index in [0.29, 0.717) is 30.3 Å². The van der Waals surface area contributed by atoms with Crippen molar-refractivity contribution in [3.63, 3.8) is 0 Å². The van der Waals surface area contributed by atoms with Crippen LogP contribution in [0.15, 0.2) is 0 Å². The number of nitriles is 1. The molecular formula is C12H17N5O2. The van der Waals surface area contributed by atoms with Crippen molar-refractivity contribution < 1.29 is 9.47 Å². The fourth-order valence-electron chi connectivity index (χ4n) is 1.83. The van der Waals surface area contributed by atoms with E-state index in [-0.39, 0.29) is 23.7 Å². The first kappa shape index (κ1) is 13.4. The van der Waals surface area contributed by atoms with Gasteiger partial charge in [-0.15, -0.1) is 0 Å². The second-order valence-electron chi connectivity index (χ2n) is 4.56. The first-order valence-corrected chi connectivity index (χ1v) is 6.02. The molecule has 7 nitrogen and oxygen atoms in total. The van der Waals surface area contributed by atoms with Crippen LogP contribution in [0.3, 0.4) is 0 Å². The van der Waals surface area contributed by atoms with Gasteiger partial charge in [0.2, 0.25) is 5.88 Å². The highest BCUT2D eigenvalue weighted by atomic mass is 16.5.